The lowest BCUT2D eigenvalue weighted by Crippen LogP contribution is -2.04. The molecular weight excluding hydrogens is 216 g/mol. The van der Waals surface area contributed by atoms with Gasteiger partial charge in [-0.15, -0.1) is 0 Å². The second-order valence-corrected chi connectivity index (χ2v) is 4.05. The fourth-order valence-electron chi connectivity index (χ4n) is 1.77. The molecule has 17 heavy (non-hydrogen) atoms. The third-order valence-electron chi connectivity index (χ3n) is 2.37. The molecule has 1 aromatic carbocycles. The van der Waals surface area contributed by atoms with Crippen molar-refractivity contribution in [1.29, 1.82) is 0 Å². The minimum atomic E-state index is -0.436. The Kier molecular flexibility index (Phi) is 3.28. The summed E-state index contributed by atoms with van der Waals surface area (Å²) in [5, 5.41) is 0. The van der Waals surface area contributed by atoms with E-state index in [0.717, 1.165) is 16.7 Å². The molecule has 0 aliphatic heterocycles. The van der Waals surface area contributed by atoms with Crippen molar-refractivity contribution >= 4 is 5.97 Å². The van der Waals surface area contributed by atoms with E-state index in [0.29, 0.717) is 0 Å². The summed E-state index contributed by atoms with van der Waals surface area (Å²) in [7, 11) is 0. The highest BCUT2D eigenvalue weighted by Gasteiger charge is 2.09. The Hall–Kier alpha value is -2.03. The smallest absolute Gasteiger partial charge is 0.374 e. The molecule has 2 rings (SSSR count). The number of hydrogen-bond acceptors (Lipinski definition) is 3. The number of rotatable bonds is 3. The van der Waals surface area contributed by atoms with Crippen molar-refractivity contribution in [3.63, 3.8) is 0 Å². The summed E-state index contributed by atoms with van der Waals surface area (Å²) in [6.45, 7) is 4.30. The van der Waals surface area contributed by atoms with Gasteiger partial charge in [0.25, 0.3) is 0 Å². The Morgan fingerprint density at radius 3 is 2.53 bits per heavy atom. The third kappa shape index (κ3) is 2.97. The first-order valence-electron chi connectivity index (χ1n) is 5.43. The lowest BCUT2D eigenvalue weighted by Gasteiger charge is -2.05. The highest BCUT2D eigenvalue weighted by atomic mass is 16.5. The zero-order valence-electron chi connectivity index (χ0n) is 9.90. The molecule has 0 bridgehead atoms. The fourth-order valence-corrected chi connectivity index (χ4v) is 1.77. The maximum Gasteiger partial charge on any atom is 0.374 e. The lowest BCUT2D eigenvalue weighted by atomic mass is 10.1. The summed E-state index contributed by atoms with van der Waals surface area (Å²) in [6, 6.07) is 9.33. The SMILES string of the molecule is Cc1cc(C)cc(COC(=O)c2ccco2)c1. The minimum Gasteiger partial charge on any atom is -0.457 e. The summed E-state index contributed by atoms with van der Waals surface area (Å²) in [5.74, 6) is -0.205. The Morgan fingerprint density at radius 2 is 1.94 bits per heavy atom. The molecule has 0 aliphatic rings. The summed E-state index contributed by atoms with van der Waals surface area (Å²) in [6.07, 6.45) is 1.45. The zero-order chi connectivity index (χ0) is 12.3. The van der Waals surface area contributed by atoms with Crippen LogP contribution in [-0.4, -0.2) is 5.97 Å². The van der Waals surface area contributed by atoms with Crippen LogP contribution in [0, 0.1) is 13.8 Å². The molecule has 3 heteroatoms. The standard InChI is InChI=1S/C14H14O3/c1-10-6-11(2)8-12(7-10)9-17-14(15)13-4-3-5-16-13/h3-8H,9H2,1-2H3. The molecule has 0 aliphatic carbocycles. The van der Waals surface area contributed by atoms with Gasteiger partial charge >= 0.3 is 5.97 Å². The van der Waals surface area contributed by atoms with Crippen LogP contribution in [0.1, 0.15) is 27.2 Å². The molecule has 0 unspecified atom stereocenters. The molecule has 1 aromatic heterocycles. The van der Waals surface area contributed by atoms with Crippen molar-refractivity contribution in [1.82, 2.24) is 0 Å². The van der Waals surface area contributed by atoms with Gasteiger partial charge in [-0.2, -0.15) is 0 Å². The predicted molar refractivity (Wildman–Crippen MR) is 63.7 cm³/mol. The van der Waals surface area contributed by atoms with Gasteiger partial charge in [-0.3, -0.25) is 0 Å². The van der Waals surface area contributed by atoms with Crippen LogP contribution in [0.15, 0.2) is 41.0 Å². The van der Waals surface area contributed by atoms with Crippen LogP contribution in [0.5, 0.6) is 0 Å². The van der Waals surface area contributed by atoms with Gasteiger partial charge in [-0.1, -0.05) is 29.3 Å². The van der Waals surface area contributed by atoms with Crippen LogP contribution in [0.25, 0.3) is 0 Å². The van der Waals surface area contributed by atoms with Gasteiger partial charge in [0.2, 0.25) is 5.76 Å². The van der Waals surface area contributed by atoms with E-state index in [1.165, 1.54) is 6.26 Å². The predicted octanol–water partition coefficient (Wildman–Crippen LogP) is 3.25. The Balaban J connectivity index is 2.00. The second-order valence-electron chi connectivity index (χ2n) is 4.05. The van der Waals surface area contributed by atoms with Crippen LogP contribution in [0.3, 0.4) is 0 Å². The normalized spacial score (nSPS) is 10.2. The second kappa shape index (κ2) is 4.87. The number of ether oxygens (including phenoxy) is 1. The minimum absolute atomic E-state index is 0.231. The topological polar surface area (TPSA) is 39.4 Å². The summed E-state index contributed by atoms with van der Waals surface area (Å²) in [4.78, 5) is 11.5. The van der Waals surface area contributed by atoms with Gasteiger partial charge < -0.3 is 9.15 Å². The van der Waals surface area contributed by atoms with Crippen LogP contribution in [-0.2, 0) is 11.3 Å². The molecule has 0 amide bonds. The highest BCUT2D eigenvalue weighted by Crippen LogP contribution is 2.11. The molecule has 2 aromatic rings. The molecule has 0 saturated heterocycles. The Labute approximate surface area is 100 Å². The van der Waals surface area contributed by atoms with Crippen molar-refractivity contribution in [2.24, 2.45) is 0 Å². The average molecular weight is 230 g/mol. The number of esters is 1. The number of benzene rings is 1. The molecule has 0 spiro atoms. The first kappa shape index (κ1) is 11.5. The van der Waals surface area contributed by atoms with Gasteiger partial charge in [-0.05, 0) is 31.5 Å². The molecular formula is C14H14O3. The summed E-state index contributed by atoms with van der Waals surface area (Å²) in [5.41, 5.74) is 3.31. The van der Waals surface area contributed by atoms with Crippen molar-refractivity contribution in [3.8, 4) is 0 Å². The highest BCUT2D eigenvalue weighted by molar-refractivity contribution is 5.86. The van der Waals surface area contributed by atoms with Crippen molar-refractivity contribution in [3.05, 3.63) is 59.0 Å². The molecule has 0 atom stereocenters. The molecule has 1 heterocycles. The third-order valence-corrected chi connectivity index (χ3v) is 2.37. The monoisotopic (exact) mass is 230 g/mol. The van der Waals surface area contributed by atoms with Gasteiger partial charge in [0.1, 0.15) is 6.61 Å². The summed E-state index contributed by atoms with van der Waals surface area (Å²) < 4.78 is 10.1. The number of carbonyl (C=O) groups is 1. The largest absolute Gasteiger partial charge is 0.457 e. The Bertz CT molecular complexity index is 492. The van der Waals surface area contributed by atoms with E-state index in [2.05, 4.69) is 6.07 Å². The van der Waals surface area contributed by atoms with Crippen molar-refractivity contribution in [2.45, 2.75) is 20.5 Å². The van der Waals surface area contributed by atoms with E-state index >= 15 is 0 Å². The number of aryl methyl sites for hydroxylation is 2. The van der Waals surface area contributed by atoms with Crippen LogP contribution in [0.2, 0.25) is 0 Å². The van der Waals surface area contributed by atoms with Gasteiger partial charge in [0.05, 0.1) is 6.26 Å². The summed E-state index contributed by atoms with van der Waals surface area (Å²) >= 11 is 0. The first-order valence-corrected chi connectivity index (χ1v) is 5.43. The van der Waals surface area contributed by atoms with Crippen LogP contribution >= 0.6 is 0 Å². The Morgan fingerprint density at radius 1 is 1.24 bits per heavy atom. The molecule has 88 valence electrons. The molecule has 0 fully saturated rings. The average Bonchev–Trinajstić information content (AvgIpc) is 2.78. The number of hydrogen-bond donors (Lipinski definition) is 0. The quantitative estimate of drug-likeness (QED) is 0.760. The number of carbonyl (C=O) groups excluding carboxylic acids is 1. The van der Waals surface area contributed by atoms with Gasteiger partial charge in [-0.25, -0.2) is 4.79 Å². The van der Waals surface area contributed by atoms with Crippen LogP contribution in [0.4, 0.5) is 0 Å². The molecule has 3 nitrogen and oxygen atoms in total. The van der Waals surface area contributed by atoms with E-state index in [-0.39, 0.29) is 12.4 Å². The van der Waals surface area contributed by atoms with E-state index in [4.69, 9.17) is 9.15 Å². The van der Waals surface area contributed by atoms with Gasteiger partial charge in [0, 0.05) is 0 Å². The molecule has 0 saturated carbocycles. The van der Waals surface area contributed by atoms with E-state index < -0.39 is 5.97 Å². The maximum atomic E-state index is 11.5. The fraction of sp³-hybridized carbons (Fsp3) is 0.214. The first-order chi connectivity index (χ1) is 8.15. The van der Waals surface area contributed by atoms with Crippen molar-refractivity contribution in [2.75, 3.05) is 0 Å². The number of furan rings is 1. The van der Waals surface area contributed by atoms with Crippen molar-refractivity contribution < 1.29 is 13.9 Å². The zero-order valence-corrected chi connectivity index (χ0v) is 9.90. The molecule has 0 N–H and O–H groups in total. The lowest BCUT2D eigenvalue weighted by molar-refractivity contribution is 0.0436. The van der Waals surface area contributed by atoms with E-state index in [1.54, 1.807) is 12.1 Å². The van der Waals surface area contributed by atoms with Gasteiger partial charge in [0.15, 0.2) is 0 Å². The van der Waals surface area contributed by atoms with Crippen LogP contribution < -0.4 is 0 Å². The maximum absolute atomic E-state index is 11.5. The van der Waals surface area contributed by atoms with E-state index in [1.807, 2.05) is 26.0 Å². The molecule has 0 radical (unpaired) electrons. The van der Waals surface area contributed by atoms with E-state index in [9.17, 15) is 4.79 Å².